The van der Waals surface area contributed by atoms with Crippen molar-refractivity contribution in [2.75, 3.05) is 11.1 Å². The summed E-state index contributed by atoms with van der Waals surface area (Å²) in [5.74, 6) is -0.864. The minimum Gasteiger partial charge on any atom is -0.398 e. The van der Waals surface area contributed by atoms with Crippen molar-refractivity contribution in [3.05, 3.63) is 58.1 Å². The first-order valence-corrected chi connectivity index (χ1v) is 6.53. The fraction of sp³-hybridized carbons (Fsp3) is 0.0667. The van der Waals surface area contributed by atoms with Crippen LogP contribution in [0.3, 0.4) is 0 Å². The van der Waals surface area contributed by atoms with Crippen molar-refractivity contribution in [3.8, 4) is 0 Å². The van der Waals surface area contributed by atoms with Crippen molar-refractivity contribution >= 4 is 34.8 Å². The molecule has 2 amide bonds. The third kappa shape index (κ3) is 3.32. The zero-order valence-electron chi connectivity index (χ0n) is 11.3. The Morgan fingerprint density at radius 2 is 1.86 bits per heavy atom. The molecule has 0 atom stereocenters. The molecule has 0 spiro atoms. The van der Waals surface area contributed by atoms with Gasteiger partial charge < -0.3 is 16.8 Å². The molecular weight excluding hydrogens is 290 g/mol. The normalized spacial score (nSPS) is 10.2. The number of rotatable bonds is 3. The highest BCUT2D eigenvalue weighted by Crippen LogP contribution is 2.21. The second-order valence-corrected chi connectivity index (χ2v) is 5.02. The quantitative estimate of drug-likeness (QED) is 0.760. The molecule has 2 aromatic carbocycles. The van der Waals surface area contributed by atoms with Crippen LogP contribution in [0.2, 0.25) is 5.02 Å². The third-order valence-corrected chi connectivity index (χ3v) is 3.25. The summed E-state index contributed by atoms with van der Waals surface area (Å²) in [7, 11) is 0. The zero-order chi connectivity index (χ0) is 15.6. The highest BCUT2D eigenvalue weighted by atomic mass is 35.5. The monoisotopic (exact) mass is 303 g/mol. The number of carbonyl (C=O) groups excluding carboxylic acids is 2. The van der Waals surface area contributed by atoms with E-state index < -0.39 is 5.91 Å². The summed E-state index contributed by atoms with van der Waals surface area (Å²) in [5.41, 5.74) is 13.3. The average Bonchev–Trinajstić information content (AvgIpc) is 2.40. The van der Waals surface area contributed by atoms with E-state index in [0.29, 0.717) is 27.5 Å². The zero-order valence-corrected chi connectivity index (χ0v) is 12.1. The molecule has 0 aromatic heterocycles. The van der Waals surface area contributed by atoms with E-state index in [1.54, 1.807) is 37.3 Å². The summed E-state index contributed by atoms with van der Waals surface area (Å²) in [6.07, 6.45) is 0. The highest BCUT2D eigenvalue weighted by molar-refractivity contribution is 6.31. The molecule has 0 radical (unpaired) electrons. The molecule has 6 heteroatoms. The van der Waals surface area contributed by atoms with E-state index in [-0.39, 0.29) is 5.91 Å². The predicted molar refractivity (Wildman–Crippen MR) is 83.5 cm³/mol. The largest absolute Gasteiger partial charge is 0.398 e. The molecule has 0 saturated heterocycles. The second-order valence-electron chi connectivity index (χ2n) is 4.58. The molecular formula is C15H14ClN3O2. The fourth-order valence-electron chi connectivity index (χ4n) is 1.89. The topological polar surface area (TPSA) is 98.2 Å². The van der Waals surface area contributed by atoms with Crippen molar-refractivity contribution in [1.29, 1.82) is 0 Å². The number of nitrogens with two attached hydrogens (primary N) is 2. The van der Waals surface area contributed by atoms with Gasteiger partial charge in [-0.05, 0) is 48.9 Å². The van der Waals surface area contributed by atoms with Gasteiger partial charge in [0.05, 0.1) is 5.56 Å². The minimum atomic E-state index is -0.516. The molecule has 5 N–H and O–H groups in total. The molecule has 0 heterocycles. The average molecular weight is 304 g/mol. The number of nitrogens with one attached hydrogen (secondary N) is 1. The summed E-state index contributed by atoms with van der Waals surface area (Å²) < 4.78 is 0. The molecule has 2 rings (SSSR count). The van der Waals surface area contributed by atoms with Gasteiger partial charge in [-0.15, -0.1) is 0 Å². The maximum atomic E-state index is 12.2. The SMILES string of the molecule is Cc1cc(C(N)=O)ccc1NC(=O)c1ccc(Cl)cc1N. The van der Waals surface area contributed by atoms with Crippen molar-refractivity contribution in [3.63, 3.8) is 0 Å². The maximum Gasteiger partial charge on any atom is 0.257 e. The molecule has 0 aliphatic heterocycles. The summed E-state index contributed by atoms with van der Waals surface area (Å²) in [5, 5.41) is 3.20. The number of amides is 2. The number of nitrogen functional groups attached to an aromatic ring is 1. The van der Waals surface area contributed by atoms with Crippen LogP contribution in [0.25, 0.3) is 0 Å². The van der Waals surface area contributed by atoms with Crippen molar-refractivity contribution in [2.45, 2.75) is 6.92 Å². The van der Waals surface area contributed by atoms with Gasteiger partial charge in [0.2, 0.25) is 5.91 Å². The van der Waals surface area contributed by atoms with Crippen LogP contribution < -0.4 is 16.8 Å². The van der Waals surface area contributed by atoms with E-state index >= 15 is 0 Å². The Balaban J connectivity index is 2.25. The number of primary amides is 1. The van der Waals surface area contributed by atoms with Gasteiger partial charge in [0, 0.05) is 22.0 Å². The molecule has 0 aliphatic rings. The van der Waals surface area contributed by atoms with Crippen molar-refractivity contribution in [1.82, 2.24) is 0 Å². The highest BCUT2D eigenvalue weighted by Gasteiger charge is 2.12. The summed E-state index contributed by atoms with van der Waals surface area (Å²) in [6, 6.07) is 9.45. The molecule has 21 heavy (non-hydrogen) atoms. The van der Waals surface area contributed by atoms with Gasteiger partial charge in [-0.25, -0.2) is 0 Å². The Hall–Kier alpha value is -2.53. The van der Waals surface area contributed by atoms with Gasteiger partial charge in [0.25, 0.3) is 5.91 Å². The lowest BCUT2D eigenvalue weighted by molar-refractivity contribution is 0.0998. The van der Waals surface area contributed by atoms with E-state index in [1.165, 1.54) is 6.07 Å². The van der Waals surface area contributed by atoms with Crippen LogP contribution in [0.4, 0.5) is 11.4 Å². The molecule has 0 saturated carbocycles. The van der Waals surface area contributed by atoms with Gasteiger partial charge in [-0.2, -0.15) is 0 Å². The van der Waals surface area contributed by atoms with E-state index in [0.717, 1.165) is 5.56 Å². The van der Waals surface area contributed by atoms with E-state index in [9.17, 15) is 9.59 Å². The van der Waals surface area contributed by atoms with Crippen LogP contribution in [0.1, 0.15) is 26.3 Å². The first-order chi connectivity index (χ1) is 9.88. The molecule has 0 aliphatic carbocycles. The molecule has 5 nitrogen and oxygen atoms in total. The molecule has 0 unspecified atom stereocenters. The standard InChI is InChI=1S/C15H14ClN3O2/c1-8-6-9(14(18)20)2-5-13(8)19-15(21)11-4-3-10(16)7-12(11)17/h2-7H,17H2,1H3,(H2,18,20)(H,19,21). The predicted octanol–water partition coefficient (Wildman–Crippen LogP) is 2.58. The van der Waals surface area contributed by atoms with Gasteiger partial charge in [-0.3, -0.25) is 9.59 Å². The smallest absolute Gasteiger partial charge is 0.257 e. The molecule has 0 bridgehead atoms. The molecule has 108 valence electrons. The first-order valence-electron chi connectivity index (χ1n) is 6.15. The summed E-state index contributed by atoms with van der Waals surface area (Å²) in [4.78, 5) is 23.3. The Kier molecular flexibility index (Phi) is 4.14. The van der Waals surface area contributed by atoms with Crippen molar-refractivity contribution < 1.29 is 9.59 Å². The Labute approximate surface area is 126 Å². The number of hydrogen-bond donors (Lipinski definition) is 3. The lowest BCUT2D eigenvalue weighted by atomic mass is 10.1. The second kappa shape index (κ2) is 5.85. The first kappa shape index (κ1) is 14.9. The van der Waals surface area contributed by atoms with Crippen LogP contribution in [-0.2, 0) is 0 Å². The Morgan fingerprint density at radius 3 is 2.43 bits per heavy atom. The van der Waals surface area contributed by atoms with E-state index in [1.807, 2.05) is 0 Å². The third-order valence-electron chi connectivity index (χ3n) is 3.02. The minimum absolute atomic E-state index is 0.298. The van der Waals surface area contributed by atoms with E-state index in [2.05, 4.69) is 5.32 Å². The summed E-state index contributed by atoms with van der Waals surface area (Å²) >= 11 is 5.80. The number of halogens is 1. The number of carbonyl (C=O) groups is 2. The van der Waals surface area contributed by atoms with Crippen LogP contribution in [0.5, 0.6) is 0 Å². The van der Waals surface area contributed by atoms with Crippen LogP contribution in [-0.4, -0.2) is 11.8 Å². The maximum absolute atomic E-state index is 12.2. The van der Waals surface area contributed by atoms with Crippen LogP contribution in [0.15, 0.2) is 36.4 Å². The number of anilines is 2. The summed E-state index contributed by atoms with van der Waals surface area (Å²) in [6.45, 7) is 1.77. The molecule has 0 fully saturated rings. The van der Waals surface area contributed by atoms with Crippen LogP contribution in [0, 0.1) is 6.92 Å². The molecule has 2 aromatic rings. The number of hydrogen-bond acceptors (Lipinski definition) is 3. The number of aryl methyl sites for hydroxylation is 1. The van der Waals surface area contributed by atoms with Crippen molar-refractivity contribution in [2.24, 2.45) is 5.73 Å². The number of benzene rings is 2. The lowest BCUT2D eigenvalue weighted by Gasteiger charge is -2.11. The van der Waals surface area contributed by atoms with Gasteiger partial charge in [0.15, 0.2) is 0 Å². The fourth-order valence-corrected chi connectivity index (χ4v) is 2.07. The van der Waals surface area contributed by atoms with Gasteiger partial charge in [0.1, 0.15) is 0 Å². The van der Waals surface area contributed by atoms with Crippen LogP contribution >= 0.6 is 11.6 Å². The van der Waals surface area contributed by atoms with E-state index in [4.69, 9.17) is 23.1 Å². The Bertz CT molecular complexity index is 729. The van der Waals surface area contributed by atoms with Gasteiger partial charge in [-0.1, -0.05) is 11.6 Å². The Morgan fingerprint density at radius 1 is 1.14 bits per heavy atom. The lowest BCUT2D eigenvalue weighted by Crippen LogP contribution is -2.16. The van der Waals surface area contributed by atoms with Gasteiger partial charge >= 0.3 is 0 Å².